The van der Waals surface area contributed by atoms with Gasteiger partial charge in [-0.2, -0.15) is 0 Å². The molecule has 2 rings (SSSR count). The van der Waals surface area contributed by atoms with Gasteiger partial charge in [-0.3, -0.25) is 4.79 Å². The largest absolute Gasteiger partial charge is 0.496 e. The van der Waals surface area contributed by atoms with Gasteiger partial charge >= 0.3 is 0 Å². The van der Waals surface area contributed by atoms with E-state index < -0.39 is 0 Å². The van der Waals surface area contributed by atoms with Crippen LogP contribution in [0.1, 0.15) is 30.4 Å². The van der Waals surface area contributed by atoms with E-state index in [1.807, 2.05) is 25.1 Å². The first-order valence-electron chi connectivity index (χ1n) is 7.16. The molecule has 20 heavy (non-hydrogen) atoms. The van der Waals surface area contributed by atoms with Gasteiger partial charge in [-0.15, -0.1) is 0 Å². The molecule has 0 radical (unpaired) electrons. The van der Waals surface area contributed by atoms with Crippen LogP contribution in [-0.4, -0.2) is 30.8 Å². The van der Waals surface area contributed by atoms with Gasteiger partial charge in [0.25, 0.3) is 0 Å². The number of ether oxygens (including phenoxy) is 1. The Bertz CT molecular complexity index is 473. The topological polar surface area (TPSA) is 58.6 Å². The number of carbonyl (C=O) groups is 1. The number of aryl methyl sites for hydroxylation is 1. The van der Waals surface area contributed by atoms with E-state index in [1.54, 1.807) is 7.11 Å². The van der Waals surface area contributed by atoms with Crippen LogP contribution in [0.15, 0.2) is 18.2 Å². The third-order valence-electron chi connectivity index (χ3n) is 3.94. The molecule has 110 valence electrons. The molecule has 2 unspecified atom stereocenters. The number of aliphatic hydroxyl groups excluding tert-OH is 1. The number of hydrogen-bond donors (Lipinski definition) is 2. The van der Waals surface area contributed by atoms with Crippen molar-refractivity contribution in [3.8, 4) is 5.75 Å². The van der Waals surface area contributed by atoms with Crippen molar-refractivity contribution < 1.29 is 14.6 Å². The van der Waals surface area contributed by atoms with Crippen molar-refractivity contribution in [2.24, 2.45) is 5.92 Å². The highest BCUT2D eigenvalue weighted by Crippen LogP contribution is 2.24. The van der Waals surface area contributed by atoms with Gasteiger partial charge in [0.1, 0.15) is 5.75 Å². The number of amides is 1. The summed E-state index contributed by atoms with van der Waals surface area (Å²) in [6.45, 7) is 2.65. The molecule has 1 aromatic rings. The summed E-state index contributed by atoms with van der Waals surface area (Å²) in [4.78, 5) is 11.9. The maximum atomic E-state index is 11.9. The van der Waals surface area contributed by atoms with E-state index in [1.165, 1.54) is 0 Å². The molecule has 2 N–H and O–H groups in total. The number of benzene rings is 1. The van der Waals surface area contributed by atoms with Crippen molar-refractivity contribution in [3.63, 3.8) is 0 Å². The Balaban J connectivity index is 1.82. The second-order valence-corrected chi connectivity index (χ2v) is 5.62. The third kappa shape index (κ3) is 3.97. The van der Waals surface area contributed by atoms with Gasteiger partial charge in [0.15, 0.2) is 0 Å². The fourth-order valence-corrected chi connectivity index (χ4v) is 2.71. The summed E-state index contributed by atoms with van der Waals surface area (Å²) < 4.78 is 5.26. The summed E-state index contributed by atoms with van der Waals surface area (Å²) in [7, 11) is 1.64. The smallest absolute Gasteiger partial charge is 0.224 e. The highest BCUT2D eigenvalue weighted by Gasteiger charge is 2.22. The molecule has 0 aromatic heterocycles. The molecule has 4 nitrogen and oxygen atoms in total. The van der Waals surface area contributed by atoms with Gasteiger partial charge < -0.3 is 15.2 Å². The first kappa shape index (κ1) is 14.9. The zero-order chi connectivity index (χ0) is 14.5. The van der Waals surface area contributed by atoms with E-state index in [9.17, 15) is 9.90 Å². The normalized spacial score (nSPS) is 21.8. The predicted molar refractivity (Wildman–Crippen MR) is 77.8 cm³/mol. The van der Waals surface area contributed by atoms with Gasteiger partial charge in [0.2, 0.25) is 5.91 Å². The average Bonchev–Trinajstić information content (AvgIpc) is 2.84. The Morgan fingerprint density at radius 3 is 2.90 bits per heavy atom. The van der Waals surface area contributed by atoms with Crippen LogP contribution >= 0.6 is 0 Å². The van der Waals surface area contributed by atoms with Gasteiger partial charge in [-0.25, -0.2) is 0 Å². The van der Waals surface area contributed by atoms with Crippen molar-refractivity contribution >= 4 is 5.91 Å². The zero-order valence-corrected chi connectivity index (χ0v) is 12.2. The summed E-state index contributed by atoms with van der Waals surface area (Å²) in [6, 6.07) is 5.83. The van der Waals surface area contributed by atoms with Crippen LogP contribution in [0, 0.1) is 12.8 Å². The molecule has 0 heterocycles. The summed E-state index contributed by atoms with van der Waals surface area (Å²) in [6.07, 6.45) is 2.85. The molecule has 1 aromatic carbocycles. The maximum Gasteiger partial charge on any atom is 0.224 e. The van der Waals surface area contributed by atoms with Gasteiger partial charge in [0.05, 0.1) is 19.6 Å². The summed E-state index contributed by atoms with van der Waals surface area (Å²) in [5.41, 5.74) is 2.02. The molecule has 0 spiro atoms. The SMILES string of the molecule is COc1cc(CC(=O)NCC2CCC(O)C2)ccc1C. The van der Waals surface area contributed by atoms with Crippen LogP contribution in [0.25, 0.3) is 0 Å². The molecule has 1 aliphatic carbocycles. The van der Waals surface area contributed by atoms with E-state index >= 15 is 0 Å². The standard InChI is InChI=1S/C16H23NO3/c1-11-3-4-12(8-15(11)20-2)9-16(19)17-10-13-5-6-14(18)7-13/h3-4,8,13-14,18H,5-7,9-10H2,1-2H3,(H,17,19). The number of hydrogen-bond acceptors (Lipinski definition) is 3. The molecular weight excluding hydrogens is 254 g/mol. The zero-order valence-electron chi connectivity index (χ0n) is 12.2. The Morgan fingerprint density at radius 2 is 2.25 bits per heavy atom. The Morgan fingerprint density at radius 1 is 1.45 bits per heavy atom. The minimum atomic E-state index is -0.182. The number of nitrogens with one attached hydrogen (secondary N) is 1. The maximum absolute atomic E-state index is 11.9. The lowest BCUT2D eigenvalue weighted by molar-refractivity contribution is -0.120. The van der Waals surface area contributed by atoms with Gasteiger partial charge in [0, 0.05) is 6.54 Å². The van der Waals surface area contributed by atoms with E-state index in [0.29, 0.717) is 18.9 Å². The van der Waals surface area contributed by atoms with Crippen molar-refractivity contribution in [2.75, 3.05) is 13.7 Å². The minimum absolute atomic E-state index is 0.0253. The third-order valence-corrected chi connectivity index (χ3v) is 3.94. The van der Waals surface area contributed by atoms with Crippen molar-refractivity contribution in [1.82, 2.24) is 5.32 Å². The van der Waals surface area contributed by atoms with E-state index in [4.69, 9.17) is 4.74 Å². The summed E-state index contributed by atoms with van der Waals surface area (Å²) in [5.74, 6) is 1.26. The number of aliphatic hydroxyl groups is 1. The summed E-state index contributed by atoms with van der Waals surface area (Å²) >= 11 is 0. The fourth-order valence-electron chi connectivity index (χ4n) is 2.71. The van der Waals surface area contributed by atoms with Gasteiger partial charge in [-0.05, 0) is 49.3 Å². The van der Waals surface area contributed by atoms with Crippen molar-refractivity contribution in [1.29, 1.82) is 0 Å². The van der Waals surface area contributed by atoms with Crippen LogP contribution in [0.4, 0.5) is 0 Å². The van der Waals surface area contributed by atoms with Crippen LogP contribution in [-0.2, 0) is 11.2 Å². The fraction of sp³-hybridized carbons (Fsp3) is 0.562. The number of carbonyl (C=O) groups excluding carboxylic acids is 1. The number of methoxy groups -OCH3 is 1. The number of rotatable bonds is 5. The molecule has 1 fully saturated rings. The molecule has 0 bridgehead atoms. The second-order valence-electron chi connectivity index (χ2n) is 5.62. The lowest BCUT2D eigenvalue weighted by Crippen LogP contribution is -2.29. The molecular formula is C16H23NO3. The lowest BCUT2D eigenvalue weighted by atomic mass is 10.1. The first-order chi connectivity index (χ1) is 9.58. The first-order valence-corrected chi connectivity index (χ1v) is 7.16. The van der Waals surface area contributed by atoms with E-state index in [-0.39, 0.29) is 12.0 Å². The molecule has 0 saturated heterocycles. The Hall–Kier alpha value is -1.55. The van der Waals surface area contributed by atoms with Gasteiger partial charge in [-0.1, -0.05) is 12.1 Å². The predicted octanol–water partition coefficient (Wildman–Crippen LogP) is 1.82. The molecule has 4 heteroatoms. The minimum Gasteiger partial charge on any atom is -0.496 e. The van der Waals surface area contributed by atoms with Crippen LogP contribution < -0.4 is 10.1 Å². The Labute approximate surface area is 120 Å². The van der Waals surface area contributed by atoms with Crippen molar-refractivity contribution in [2.45, 2.75) is 38.7 Å². The van der Waals surface area contributed by atoms with Crippen molar-refractivity contribution in [3.05, 3.63) is 29.3 Å². The lowest BCUT2D eigenvalue weighted by Gasteiger charge is -2.11. The molecule has 0 aliphatic heterocycles. The molecule has 1 saturated carbocycles. The van der Waals surface area contributed by atoms with Crippen LogP contribution in [0.5, 0.6) is 5.75 Å². The highest BCUT2D eigenvalue weighted by molar-refractivity contribution is 5.78. The average molecular weight is 277 g/mol. The van der Waals surface area contributed by atoms with Crippen LogP contribution in [0.3, 0.4) is 0 Å². The van der Waals surface area contributed by atoms with Crippen LogP contribution in [0.2, 0.25) is 0 Å². The second kappa shape index (κ2) is 6.75. The Kier molecular flexibility index (Phi) is 5.01. The summed E-state index contributed by atoms with van der Waals surface area (Å²) in [5, 5.41) is 12.4. The molecule has 2 atom stereocenters. The van der Waals surface area contributed by atoms with E-state index in [0.717, 1.165) is 36.1 Å². The molecule has 1 aliphatic rings. The van der Waals surface area contributed by atoms with E-state index in [2.05, 4.69) is 5.32 Å². The molecule has 1 amide bonds. The quantitative estimate of drug-likeness (QED) is 0.863. The highest BCUT2D eigenvalue weighted by atomic mass is 16.5. The monoisotopic (exact) mass is 277 g/mol.